The van der Waals surface area contributed by atoms with E-state index in [9.17, 15) is 12.9 Å². The number of halogens is 3. The zero-order valence-corrected chi connectivity index (χ0v) is 14.7. The van der Waals surface area contributed by atoms with Crippen molar-refractivity contribution in [2.75, 3.05) is 0 Å². The van der Waals surface area contributed by atoms with Crippen LogP contribution in [0.25, 0.3) is 0 Å². The van der Waals surface area contributed by atoms with Gasteiger partial charge in [0.2, 0.25) is 0 Å². The van der Waals surface area contributed by atoms with Crippen LogP contribution in [0.1, 0.15) is 11.4 Å². The Hall–Kier alpha value is -0.279. The molecule has 0 unspecified atom stereocenters. The first-order valence-electron chi connectivity index (χ1n) is 5.78. The first-order chi connectivity index (χ1) is 8.86. The van der Waals surface area contributed by atoms with Gasteiger partial charge in [-0.2, -0.15) is 5.10 Å². The van der Waals surface area contributed by atoms with Crippen molar-refractivity contribution in [3.63, 3.8) is 0 Å². The first-order valence-corrected chi connectivity index (χ1v) is 5.78. The molecule has 102 valence electrons. The van der Waals surface area contributed by atoms with Gasteiger partial charge < -0.3 is 17.7 Å². The normalized spacial score (nSPS) is 11.1. The van der Waals surface area contributed by atoms with Gasteiger partial charge in [0.1, 0.15) is 12.4 Å². The molecule has 3 nitrogen and oxygen atoms in total. The van der Waals surface area contributed by atoms with E-state index in [1.807, 2.05) is 13.0 Å². The Bertz CT molecular complexity index is 569. The largest absolute Gasteiger partial charge is 1.00 e. The Balaban J connectivity index is 0.00000200. The van der Waals surface area contributed by atoms with Crippen molar-refractivity contribution in [3.8, 4) is 5.75 Å². The second-order valence-corrected chi connectivity index (χ2v) is 4.33. The molecule has 0 radical (unpaired) electrons. The maximum atomic E-state index is 12.4. The Kier molecular flexibility index (Phi) is 6.33. The smallest absolute Gasteiger partial charge is 0.487 e. The van der Waals surface area contributed by atoms with E-state index in [0.29, 0.717) is 5.75 Å². The zero-order chi connectivity index (χ0) is 14.0. The Labute approximate surface area is 158 Å². The first kappa shape index (κ1) is 17.8. The quantitative estimate of drug-likeness (QED) is 0.703. The summed E-state index contributed by atoms with van der Waals surface area (Å²) in [6, 6.07) is 6.59. The van der Waals surface area contributed by atoms with E-state index < -0.39 is 12.4 Å². The summed E-state index contributed by atoms with van der Waals surface area (Å²) in [5.74, 6) is 0.405. The van der Waals surface area contributed by atoms with Crippen LogP contribution in [0.15, 0.2) is 30.3 Å². The average Bonchev–Trinajstić information content (AvgIpc) is 2.65. The second kappa shape index (κ2) is 7.13. The summed E-state index contributed by atoms with van der Waals surface area (Å²) in [4.78, 5) is 0. The Morgan fingerprint density at radius 3 is 2.25 bits per heavy atom. The molecule has 0 aliphatic heterocycles. The number of aromatic nitrogens is 2. The van der Waals surface area contributed by atoms with Crippen LogP contribution in [-0.4, -0.2) is 16.8 Å². The van der Waals surface area contributed by atoms with Crippen molar-refractivity contribution in [2.24, 2.45) is 7.05 Å². The molecule has 0 saturated carbocycles. The maximum absolute atomic E-state index is 12.4. The molecule has 1 aromatic heterocycles. The summed E-state index contributed by atoms with van der Waals surface area (Å²) in [7, 11) is 1.79. The number of hydrogen-bond donors (Lipinski definition) is 0. The summed E-state index contributed by atoms with van der Waals surface area (Å²) in [6.45, 7) is -2.81. The van der Waals surface area contributed by atoms with Gasteiger partial charge in [0.05, 0.1) is 11.4 Å². The molecule has 0 fully saturated rings. The molecule has 1 aromatic carbocycles. The van der Waals surface area contributed by atoms with Crippen molar-refractivity contribution >= 4 is 12.4 Å². The SMILES string of the molecule is Cc1cc(COc2ccc([B-](F)(F)F)cc2)n(C)n1.[K+]. The van der Waals surface area contributed by atoms with Crippen LogP contribution < -0.4 is 61.6 Å². The predicted octanol–water partition coefficient (Wildman–Crippen LogP) is -0.634. The van der Waals surface area contributed by atoms with Gasteiger partial charge in [0.15, 0.2) is 0 Å². The van der Waals surface area contributed by atoms with Crippen LogP contribution in [0.5, 0.6) is 5.75 Å². The molecule has 20 heavy (non-hydrogen) atoms. The number of rotatable bonds is 4. The van der Waals surface area contributed by atoms with Gasteiger partial charge in [-0.1, -0.05) is 12.1 Å². The van der Waals surface area contributed by atoms with Gasteiger partial charge in [0.25, 0.3) is 0 Å². The standard InChI is InChI=1S/C12H13BF3N2O.K/c1-9-7-11(18(2)17-9)8-19-12-5-3-10(4-6-12)13(14,15)16;/h3-7H,8H2,1-2H3;/q-1;+1. The second-order valence-electron chi connectivity index (χ2n) is 4.33. The Morgan fingerprint density at radius 1 is 1.20 bits per heavy atom. The van der Waals surface area contributed by atoms with E-state index >= 15 is 0 Å². The summed E-state index contributed by atoms with van der Waals surface area (Å²) in [5.41, 5.74) is 1.11. The predicted molar refractivity (Wildman–Crippen MR) is 67.4 cm³/mol. The van der Waals surface area contributed by atoms with Crippen molar-refractivity contribution in [1.29, 1.82) is 0 Å². The molecule has 0 aliphatic carbocycles. The van der Waals surface area contributed by atoms with Gasteiger partial charge in [-0.3, -0.25) is 4.68 Å². The minimum Gasteiger partial charge on any atom is -0.487 e. The molecule has 0 N–H and O–H groups in total. The molecule has 0 amide bonds. The Morgan fingerprint density at radius 2 is 1.80 bits per heavy atom. The van der Waals surface area contributed by atoms with Gasteiger partial charge >= 0.3 is 58.4 Å². The topological polar surface area (TPSA) is 27.1 Å². The summed E-state index contributed by atoms with van der Waals surface area (Å²) in [5, 5.41) is 4.16. The molecule has 2 rings (SSSR count). The third-order valence-corrected chi connectivity index (χ3v) is 2.74. The molecule has 0 spiro atoms. The van der Waals surface area contributed by atoms with E-state index in [2.05, 4.69) is 5.10 Å². The van der Waals surface area contributed by atoms with Crippen LogP contribution in [0.2, 0.25) is 0 Å². The molecule has 0 aliphatic rings. The monoisotopic (exact) mass is 308 g/mol. The number of benzene rings is 1. The van der Waals surface area contributed by atoms with Crippen molar-refractivity contribution in [2.45, 2.75) is 13.5 Å². The minimum absolute atomic E-state index is 0. The van der Waals surface area contributed by atoms with Crippen LogP contribution in [0.3, 0.4) is 0 Å². The number of aryl methyl sites for hydroxylation is 2. The molecular formula is C12H13BF3KN2O. The number of hydrogen-bond acceptors (Lipinski definition) is 2. The fourth-order valence-corrected chi connectivity index (χ4v) is 1.74. The van der Waals surface area contributed by atoms with E-state index in [4.69, 9.17) is 4.74 Å². The molecule has 0 saturated heterocycles. The van der Waals surface area contributed by atoms with Crippen molar-refractivity contribution in [3.05, 3.63) is 41.7 Å². The van der Waals surface area contributed by atoms with E-state index in [1.54, 1.807) is 11.7 Å². The maximum Gasteiger partial charge on any atom is 1.00 e. The van der Waals surface area contributed by atoms with Crippen LogP contribution in [-0.2, 0) is 13.7 Å². The minimum atomic E-state index is -4.95. The zero-order valence-electron chi connectivity index (χ0n) is 11.6. The summed E-state index contributed by atoms with van der Waals surface area (Å²) in [6.07, 6.45) is 0. The van der Waals surface area contributed by atoms with Crippen LogP contribution in [0, 0.1) is 6.92 Å². The summed E-state index contributed by atoms with van der Waals surface area (Å²) >= 11 is 0. The average molecular weight is 308 g/mol. The van der Waals surface area contributed by atoms with Gasteiger partial charge in [0, 0.05) is 7.05 Å². The third kappa shape index (κ3) is 4.63. The molecule has 2 aromatic rings. The van der Waals surface area contributed by atoms with Crippen molar-refractivity contribution in [1.82, 2.24) is 9.78 Å². The van der Waals surface area contributed by atoms with E-state index in [1.165, 1.54) is 12.1 Å². The fraction of sp³-hybridized carbons (Fsp3) is 0.250. The molecule has 8 heteroatoms. The summed E-state index contributed by atoms with van der Waals surface area (Å²) < 4.78 is 44.4. The van der Waals surface area contributed by atoms with Crippen LogP contribution >= 0.6 is 0 Å². The number of nitrogens with zero attached hydrogens (tertiary/aromatic N) is 2. The van der Waals surface area contributed by atoms with Gasteiger partial charge in [-0.25, -0.2) is 0 Å². The number of ether oxygens (including phenoxy) is 1. The third-order valence-electron chi connectivity index (χ3n) is 2.74. The van der Waals surface area contributed by atoms with E-state index in [-0.39, 0.29) is 58.0 Å². The fourth-order valence-electron chi connectivity index (χ4n) is 1.74. The van der Waals surface area contributed by atoms with Crippen LogP contribution in [0.4, 0.5) is 12.9 Å². The van der Waals surface area contributed by atoms with Crippen molar-refractivity contribution < 1.29 is 69.1 Å². The van der Waals surface area contributed by atoms with Gasteiger partial charge in [-0.15, -0.1) is 5.46 Å². The molecule has 0 bridgehead atoms. The van der Waals surface area contributed by atoms with E-state index in [0.717, 1.165) is 23.5 Å². The molecule has 1 heterocycles. The van der Waals surface area contributed by atoms with Gasteiger partial charge in [-0.05, 0) is 25.1 Å². The molecular weight excluding hydrogens is 295 g/mol. The molecule has 0 atom stereocenters.